The van der Waals surface area contributed by atoms with Crippen molar-refractivity contribution in [2.45, 2.75) is 18.9 Å². The lowest BCUT2D eigenvalue weighted by Gasteiger charge is -2.22. The Morgan fingerprint density at radius 1 is 1.35 bits per heavy atom. The quantitative estimate of drug-likeness (QED) is 0.875. The summed E-state index contributed by atoms with van der Waals surface area (Å²) in [6.45, 7) is 1.69. The minimum absolute atomic E-state index is 0.282. The molecule has 0 saturated carbocycles. The monoisotopic (exact) mass is 235 g/mol. The van der Waals surface area contributed by atoms with Crippen LogP contribution < -0.4 is 0 Å². The molecule has 2 rings (SSSR count). The molecule has 2 aromatic rings. The van der Waals surface area contributed by atoms with Gasteiger partial charge in [0.2, 0.25) is 0 Å². The van der Waals surface area contributed by atoms with Crippen LogP contribution >= 0.6 is 0 Å². The van der Waals surface area contributed by atoms with Gasteiger partial charge in [-0.2, -0.15) is 0 Å². The Labute approximate surface area is 98.7 Å². The lowest BCUT2D eigenvalue weighted by Crippen LogP contribution is -2.27. The normalized spacial score (nSPS) is 14.6. The van der Waals surface area contributed by atoms with Gasteiger partial charge in [0.25, 0.3) is 0 Å². The van der Waals surface area contributed by atoms with Crippen LogP contribution in [0.4, 0.5) is 4.39 Å². The number of aliphatic hydroxyl groups is 1. The average molecular weight is 235 g/mol. The third-order valence-electron chi connectivity index (χ3n) is 2.73. The highest BCUT2D eigenvalue weighted by atomic mass is 19.1. The maximum absolute atomic E-state index is 12.8. The van der Waals surface area contributed by atoms with E-state index in [1.807, 2.05) is 0 Å². The summed E-state index contributed by atoms with van der Waals surface area (Å²) in [6.07, 6.45) is 1.91. The van der Waals surface area contributed by atoms with Crippen LogP contribution in [0.5, 0.6) is 0 Å². The predicted molar refractivity (Wildman–Crippen MR) is 60.7 cm³/mol. The molecule has 0 radical (unpaired) electrons. The minimum Gasteiger partial charge on any atom is -0.383 e. The summed E-state index contributed by atoms with van der Waals surface area (Å²) in [4.78, 5) is 0. The second-order valence-corrected chi connectivity index (χ2v) is 4.32. The van der Waals surface area contributed by atoms with Gasteiger partial charge in [0.05, 0.1) is 11.9 Å². The predicted octanol–water partition coefficient (Wildman–Crippen LogP) is 1.40. The van der Waals surface area contributed by atoms with E-state index in [-0.39, 0.29) is 5.82 Å². The molecule has 0 aliphatic heterocycles. The van der Waals surface area contributed by atoms with Gasteiger partial charge in [-0.05, 0) is 24.6 Å². The summed E-state index contributed by atoms with van der Waals surface area (Å²) in [5, 5.41) is 17.9. The van der Waals surface area contributed by atoms with Gasteiger partial charge in [0.15, 0.2) is 0 Å². The Balaban J connectivity index is 2.23. The maximum Gasteiger partial charge on any atom is 0.123 e. The number of aromatic nitrogens is 3. The molecule has 0 fully saturated rings. The van der Waals surface area contributed by atoms with Crippen LogP contribution in [0.3, 0.4) is 0 Å². The molecule has 1 aromatic heterocycles. The van der Waals surface area contributed by atoms with Crippen LogP contribution in [0.15, 0.2) is 30.5 Å². The van der Waals surface area contributed by atoms with Crippen molar-refractivity contribution in [3.8, 4) is 0 Å². The summed E-state index contributed by atoms with van der Waals surface area (Å²) >= 11 is 0. The molecule has 4 nitrogen and oxygen atoms in total. The van der Waals surface area contributed by atoms with E-state index in [0.29, 0.717) is 12.1 Å². The molecular formula is C12H14FN3O. The Bertz CT molecular complexity index is 505. The molecule has 90 valence electrons. The standard InChI is InChI=1S/C12H14FN3O/c1-12(17,11-8-14-15-16(11)2)7-9-3-5-10(13)6-4-9/h3-6,8,17H,7H2,1-2H3. The average Bonchev–Trinajstić information content (AvgIpc) is 2.68. The van der Waals surface area contributed by atoms with Crippen LogP contribution in [0.25, 0.3) is 0 Å². The van der Waals surface area contributed by atoms with Gasteiger partial charge >= 0.3 is 0 Å². The highest BCUT2D eigenvalue weighted by Gasteiger charge is 2.27. The van der Waals surface area contributed by atoms with Crippen molar-refractivity contribution in [2.24, 2.45) is 7.05 Å². The molecule has 5 heteroatoms. The van der Waals surface area contributed by atoms with Gasteiger partial charge in [-0.15, -0.1) is 5.10 Å². The summed E-state index contributed by atoms with van der Waals surface area (Å²) < 4.78 is 14.3. The van der Waals surface area contributed by atoms with Crippen LogP contribution in [-0.4, -0.2) is 20.1 Å². The van der Waals surface area contributed by atoms with E-state index in [1.165, 1.54) is 23.0 Å². The topological polar surface area (TPSA) is 50.9 Å². The molecular weight excluding hydrogens is 221 g/mol. The van der Waals surface area contributed by atoms with E-state index in [9.17, 15) is 9.50 Å². The molecule has 0 saturated heterocycles. The Kier molecular flexibility index (Phi) is 2.93. The molecule has 1 unspecified atom stereocenters. The highest BCUT2D eigenvalue weighted by Crippen LogP contribution is 2.24. The lowest BCUT2D eigenvalue weighted by molar-refractivity contribution is 0.0489. The molecule has 1 N–H and O–H groups in total. The number of hydrogen-bond acceptors (Lipinski definition) is 3. The first-order valence-corrected chi connectivity index (χ1v) is 5.31. The molecule has 0 aliphatic rings. The lowest BCUT2D eigenvalue weighted by atomic mass is 9.93. The fourth-order valence-electron chi connectivity index (χ4n) is 1.87. The van der Waals surface area contributed by atoms with Gasteiger partial charge in [0.1, 0.15) is 11.4 Å². The summed E-state index contributed by atoms with van der Waals surface area (Å²) in [6, 6.07) is 6.08. The van der Waals surface area contributed by atoms with E-state index in [1.54, 1.807) is 26.1 Å². The molecule has 17 heavy (non-hydrogen) atoms. The number of aryl methyl sites for hydroxylation is 1. The zero-order valence-corrected chi connectivity index (χ0v) is 9.76. The van der Waals surface area contributed by atoms with Crippen LogP contribution in [0, 0.1) is 5.82 Å². The van der Waals surface area contributed by atoms with Crippen molar-refractivity contribution in [1.29, 1.82) is 0 Å². The molecule has 0 spiro atoms. The van der Waals surface area contributed by atoms with E-state index in [2.05, 4.69) is 10.3 Å². The van der Waals surface area contributed by atoms with Crippen molar-refractivity contribution in [3.05, 3.63) is 47.5 Å². The van der Waals surface area contributed by atoms with E-state index in [4.69, 9.17) is 0 Å². The van der Waals surface area contributed by atoms with Crippen molar-refractivity contribution in [2.75, 3.05) is 0 Å². The van der Waals surface area contributed by atoms with Crippen molar-refractivity contribution < 1.29 is 9.50 Å². The van der Waals surface area contributed by atoms with Crippen molar-refractivity contribution in [1.82, 2.24) is 15.0 Å². The van der Waals surface area contributed by atoms with Crippen LogP contribution in [0.1, 0.15) is 18.2 Å². The number of nitrogens with zero attached hydrogens (tertiary/aromatic N) is 3. The first kappa shape index (κ1) is 11.7. The van der Waals surface area contributed by atoms with E-state index in [0.717, 1.165) is 5.56 Å². The maximum atomic E-state index is 12.8. The first-order chi connectivity index (χ1) is 7.99. The molecule has 1 heterocycles. The Hall–Kier alpha value is -1.75. The van der Waals surface area contributed by atoms with Crippen molar-refractivity contribution >= 4 is 0 Å². The molecule has 1 atom stereocenters. The minimum atomic E-state index is -1.07. The zero-order chi connectivity index (χ0) is 12.5. The smallest absolute Gasteiger partial charge is 0.123 e. The number of benzene rings is 1. The van der Waals surface area contributed by atoms with Gasteiger partial charge in [-0.1, -0.05) is 17.3 Å². The Morgan fingerprint density at radius 3 is 2.53 bits per heavy atom. The zero-order valence-electron chi connectivity index (χ0n) is 9.76. The third-order valence-corrected chi connectivity index (χ3v) is 2.73. The summed E-state index contributed by atoms with van der Waals surface area (Å²) in [5.41, 5.74) is 0.412. The Morgan fingerprint density at radius 2 is 2.00 bits per heavy atom. The highest BCUT2D eigenvalue weighted by molar-refractivity contribution is 5.20. The fraction of sp³-hybridized carbons (Fsp3) is 0.333. The van der Waals surface area contributed by atoms with E-state index < -0.39 is 5.60 Å². The largest absolute Gasteiger partial charge is 0.383 e. The molecule has 0 bridgehead atoms. The number of halogens is 1. The van der Waals surface area contributed by atoms with Gasteiger partial charge in [-0.25, -0.2) is 9.07 Å². The third kappa shape index (κ3) is 2.50. The van der Waals surface area contributed by atoms with Gasteiger partial charge in [0, 0.05) is 13.5 Å². The number of rotatable bonds is 3. The second-order valence-electron chi connectivity index (χ2n) is 4.32. The molecule has 0 aliphatic carbocycles. The molecule has 0 amide bonds. The van der Waals surface area contributed by atoms with Gasteiger partial charge in [-0.3, -0.25) is 0 Å². The summed E-state index contributed by atoms with van der Waals surface area (Å²) in [7, 11) is 1.72. The summed E-state index contributed by atoms with van der Waals surface area (Å²) in [5.74, 6) is -0.282. The second kappa shape index (κ2) is 4.25. The first-order valence-electron chi connectivity index (χ1n) is 5.31. The van der Waals surface area contributed by atoms with E-state index >= 15 is 0 Å². The SMILES string of the molecule is Cn1nncc1C(C)(O)Cc1ccc(F)cc1. The number of hydrogen-bond donors (Lipinski definition) is 1. The van der Waals surface area contributed by atoms with Crippen LogP contribution in [-0.2, 0) is 19.1 Å². The van der Waals surface area contributed by atoms with Gasteiger partial charge < -0.3 is 5.11 Å². The molecule has 1 aromatic carbocycles. The van der Waals surface area contributed by atoms with Crippen LogP contribution in [0.2, 0.25) is 0 Å². The van der Waals surface area contributed by atoms with Crippen molar-refractivity contribution in [3.63, 3.8) is 0 Å². The fourth-order valence-corrected chi connectivity index (χ4v) is 1.87.